The summed E-state index contributed by atoms with van der Waals surface area (Å²) in [6.07, 6.45) is 5.46. The molecule has 1 aromatic rings. The molecule has 0 aliphatic rings. The fourth-order valence-corrected chi connectivity index (χ4v) is 1.59. The molecule has 1 aromatic heterocycles. The van der Waals surface area contributed by atoms with E-state index in [0.29, 0.717) is 19.5 Å². The summed E-state index contributed by atoms with van der Waals surface area (Å²) in [5.41, 5.74) is 5.71. The van der Waals surface area contributed by atoms with E-state index in [9.17, 15) is 9.59 Å². The molecule has 1 unspecified atom stereocenters. The lowest BCUT2D eigenvalue weighted by molar-refractivity contribution is -0.122. The van der Waals surface area contributed by atoms with E-state index in [1.54, 1.807) is 4.57 Å². The highest BCUT2D eigenvalue weighted by Crippen LogP contribution is 1.98. The van der Waals surface area contributed by atoms with Gasteiger partial charge in [0.15, 0.2) is 5.69 Å². The number of carboxylic acid groups (broad SMARTS) is 1. The molecule has 7 nitrogen and oxygen atoms in total. The largest absolute Gasteiger partial charge is 0.476 e. The monoisotopic (exact) mass is 268 g/mol. The Bertz CT molecular complexity index is 430. The van der Waals surface area contributed by atoms with Gasteiger partial charge < -0.3 is 20.7 Å². The van der Waals surface area contributed by atoms with Crippen molar-refractivity contribution in [3.63, 3.8) is 0 Å². The molecule has 1 rings (SSSR count). The quantitative estimate of drug-likeness (QED) is 0.624. The fraction of sp³-hybridized carbons (Fsp3) is 0.583. The number of carboxylic acids is 1. The van der Waals surface area contributed by atoms with Crippen molar-refractivity contribution in [2.45, 2.75) is 38.8 Å². The summed E-state index contributed by atoms with van der Waals surface area (Å²) in [6.45, 7) is 2.91. The zero-order valence-corrected chi connectivity index (χ0v) is 11.0. The first-order chi connectivity index (χ1) is 9.04. The lowest BCUT2D eigenvalue weighted by Crippen LogP contribution is -2.41. The number of amides is 1. The van der Waals surface area contributed by atoms with E-state index in [-0.39, 0.29) is 11.6 Å². The lowest BCUT2D eigenvalue weighted by Gasteiger charge is -2.11. The highest BCUT2D eigenvalue weighted by molar-refractivity contribution is 5.84. The van der Waals surface area contributed by atoms with E-state index < -0.39 is 12.0 Å². The first-order valence-electron chi connectivity index (χ1n) is 6.33. The van der Waals surface area contributed by atoms with Crippen LogP contribution in [0.1, 0.15) is 36.7 Å². The first kappa shape index (κ1) is 15.2. The van der Waals surface area contributed by atoms with Gasteiger partial charge in [0.05, 0.1) is 12.4 Å². The number of hydrogen-bond acceptors (Lipinski definition) is 4. The lowest BCUT2D eigenvalue weighted by atomic mass is 10.1. The maximum atomic E-state index is 11.6. The van der Waals surface area contributed by atoms with Crippen molar-refractivity contribution in [3.05, 3.63) is 18.2 Å². The molecular weight excluding hydrogens is 248 g/mol. The van der Waals surface area contributed by atoms with Crippen molar-refractivity contribution in [2.75, 3.05) is 6.54 Å². The summed E-state index contributed by atoms with van der Waals surface area (Å²) in [5, 5.41) is 11.4. The minimum atomic E-state index is -1.07. The SMILES string of the molecule is CCCCC(N)C(=O)NCCn1cnc(C(=O)O)c1. The summed E-state index contributed by atoms with van der Waals surface area (Å²) in [5.74, 6) is -1.24. The maximum Gasteiger partial charge on any atom is 0.356 e. The smallest absolute Gasteiger partial charge is 0.356 e. The molecule has 1 heterocycles. The second kappa shape index (κ2) is 7.52. The van der Waals surface area contributed by atoms with Crippen molar-refractivity contribution in [3.8, 4) is 0 Å². The van der Waals surface area contributed by atoms with Gasteiger partial charge in [-0.3, -0.25) is 4.79 Å². The van der Waals surface area contributed by atoms with E-state index in [2.05, 4.69) is 10.3 Å². The Hall–Kier alpha value is -1.89. The van der Waals surface area contributed by atoms with Crippen LogP contribution in [0, 0.1) is 0 Å². The number of aromatic carboxylic acids is 1. The van der Waals surface area contributed by atoms with E-state index in [4.69, 9.17) is 10.8 Å². The number of rotatable bonds is 8. The van der Waals surface area contributed by atoms with Crippen LogP contribution in [0.2, 0.25) is 0 Å². The number of imidazole rings is 1. The summed E-state index contributed by atoms with van der Waals surface area (Å²) in [7, 11) is 0. The Balaban J connectivity index is 2.29. The number of nitrogens with one attached hydrogen (secondary N) is 1. The van der Waals surface area contributed by atoms with Crippen LogP contribution >= 0.6 is 0 Å². The number of unbranched alkanes of at least 4 members (excludes halogenated alkanes) is 1. The van der Waals surface area contributed by atoms with Crippen molar-refractivity contribution >= 4 is 11.9 Å². The number of carbonyl (C=O) groups excluding carboxylic acids is 1. The minimum absolute atomic E-state index is 0.00836. The van der Waals surface area contributed by atoms with E-state index in [1.165, 1.54) is 12.5 Å². The van der Waals surface area contributed by atoms with Crippen LogP contribution in [-0.2, 0) is 11.3 Å². The normalized spacial score (nSPS) is 12.1. The Kier molecular flexibility index (Phi) is 6.01. The van der Waals surface area contributed by atoms with Gasteiger partial charge in [-0.15, -0.1) is 0 Å². The average molecular weight is 268 g/mol. The summed E-state index contributed by atoms with van der Waals surface area (Å²) in [4.78, 5) is 25.9. The van der Waals surface area contributed by atoms with E-state index >= 15 is 0 Å². The molecule has 0 radical (unpaired) electrons. The highest BCUT2D eigenvalue weighted by Gasteiger charge is 2.12. The molecular formula is C12H20N4O3. The summed E-state index contributed by atoms with van der Waals surface area (Å²) in [6, 6.07) is -0.475. The number of nitrogens with zero attached hydrogens (tertiary/aromatic N) is 2. The molecule has 4 N–H and O–H groups in total. The van der Waals surface area contributed by atoms with Gasteiger partial charge in [-0.1, -0.05) is 19.8 Å². The van der Waals surface area contributed by atoms with Gasteiger partial charge >= 0.3 is 5.97 Å². The summed E-state index contributed by atoms with van der Waals surface area (Å²) >= 11 is 0. The molecule has 0 saturated carbocycles. The average Bonchev–Trinajstić information content (AvgIpc) is 2.84. The Morgan fingerprint density at radius 2 is 2.32 bits per heavy atom. The Labute approximate surface area is 111 Å². The third-order valence-corrected chi connectivity index (χ3v) is 2.73. The van der Waals surface area contributed by atoms with Gasteiger partial charge in [-0.25, -0.2) is 9.78 Å². The van der Waals surface area contributed by atoms with Crippen LogP contribution in [0.15, 0.2) is 12.5 Å². The predicted octanol–water partition coefficient (Wildman–Crippen LogP) is 0.215. The number of aromatic nitrogens is 2. The van der Waals surface area contributed by atoms with Gasteiger partial charge in [0.2, 0.25) is 5.91 Å². The minimum Gasteiger partial charge on any atom is -0.476 e. The molecule has 1 amide bonds. The second-order valence-electron chi connectivity index (χ2n) is 4.34. The highest BCUT2D eigenvalue weighted by atomic mass is 16.4. The van der Waals surface area contributed by atoms with Crippen LogP contribution in [-0.4, -0.2) is 39.1 Å². The van der Waals surface area contributed by atoms with Crippen LogP contribution in [0.25, 0.3) is 0 Å². The predicted molar refractivity (Wildman–Crippen MR) is 69.7 cm³/mol. The van der Waals surface area contributed by atoms with Gasteiger partial charge in [0.25, 0.3) is 0 Å². The zero-order chi connectivity index (χ0) is 14.3. The number of nitrogens with two attached hydrogens (primary N) is 1. The van der Waals surface area contributed by atoms with Crippen LogP contribution < -0.4 is 11.1 Å². The Morgan fingerprint density at radius 3 is 2.89 bits per heavy atom. The third-order valence-electron chi connectivity index (χ3n) is 2.73. The molecule has 19 heavy (non-hydrogen) atoms. The zero-order valence-electron chi connectivity index (χ0n) is 11.0. The van der Waals surface area contributed by atoms with Crippen LogP contribution in [0.3, 0.4) is 0 Å². The molecule has 0 bridgehead atoms. The van der Waals surface area contributed by atoms with Gasteiger partial charge in [0.1, 0.15) is 0 Å². The molecule has 7 heteroatoms. The van der Waals surface area contributed by atoms with Crippen LogP contribution in [0.5, 0.6) is 0 Å². The summed E-state index contributed by atoms with van der Waals surface area (Å²) < 4.78 is 1.61. The van der Waals surface area contributed by atoms with E-state index in [1.807, 2.05) is 6.92 Å². The molecule has 1 atom stereocenters. The van der Waals surface area contributed by atoms with E-state index in [0.717, 1.165) is 12.8 Å². The third kappa shape index (κ3) is 5.09. The van der Waals surface area contributed by atoms with Crippen molar-refractivity contribution in [1.82, 2.24) is 14.9 Å². The number of hydrogen-bond donors (Lipinski definition) is 3. The standard InChI is InChI=1S/C12H20N4O3/c1-2-3-4-9(13)11(17)14-5-6-16-7-10(12(18)19)15-8-16/h7-9H,2-6,13H2,1H3,(H,14,17)(H,18,19). The second-order valence-corrected chi connectivity index (χ2v) is 4.34. The molecule has 0 saturated heterocycles. The van der Waals surface area contributed by atoms with Gasteiger partial charge in [-0.05, 0) is 6.42 Å². The molecule has 0 spiro atoms. The molecule has 0 aliphatic carbocycles. The molecule has 0 aromatic carbocycles. The van der Waals surface area contributed by atoms with Crippen molar-refractivity contribution in [2.24, 2.45) is 5.73 Å². The van der Waals surface area contributed by atoms with Gasteiger partial charge in [0, 0.05) is 19.3 Å². The molecule has 0 aliphatic heterocycles. The Morgan fingerprint density at radius 1 is 1.58 bits per heavy atom. The van der Waals surface area contributed by atoms with Crippen molar-refractivity contribution < 1.29 is 14.7 Å². The molecule has 106 valence electrons. The van der Waals surface area contributed by atoms with Gasteiger partial charge in [-0.2, -0.15) is 0 Å². The van der Waals surface area contributed by atoms with Crippen LogP contribution in [0.4, 0.5) is 0 Å². The maximum absolute atomic E-state index is 11.6. The topological polar surface area (TPSA) is 110 Å². The molecule has 0 fully saturated rings. The number of carbonyl (C=O) groups is 2. The fourth-order valence-electron chi connectivity index (χ4n) is 1.59. The first-order valence-corrected chi connectivity index (χ1v) is 6.33. The van der Waals surface area contributed by atoms with Crippen molar-refractivity contribution in [1.29, 1.82) is 0 Å².